The molecule has 1 aliphatic heterocycles. The van der Waals surface area contributed by atoms with Gasteiger partial charge in [-0.15, -0.1) is 0 Å². The minimum absolute atomic E-state index is 0.193. The van der Waals surface area contributed by atoms with Gasteiger partial charge in [0.05, 0.1) is 19.8 Å². The lowest BCUT2D eigenvalue weighted by molar-refractivity contribution is -0.142. The Balaban J connectivity index is 2.34. The maximum atomic E-state index is 14.5. The average Bonchev–Trinajstić information content (AvgIpc) is 3.12. The molecule has 5 atom stereocenters. The second kappa shape index (κ2) is 15.0. The van der Waals surface area contributed by atoms with E-state index < -0.39 is 102 Å². The molecule has 0 spiro atoms. The summed E-state index contributed by atoms with van der Waals surface area (Å²) in [5.74, 6) is 0. The summed E-state index contributed by atoms with van der Waals surface area (Å²) in [6.07, 6.45) is -6.67. The molecule has 0 radical (unpaired) electrons. The van der Waals surface area contributed by atoms with Crippen molar-refractivity contribution in [3.05, 3.63) is 33.1 Å². The lowest BCUT2D eigenvalue weighted by atomic mass is 9.88. The van der Waals surface area contributed by atoms with Crippen molar-refractivity contribution in [3.8, 4) is 0 Å². The summed E-state index contributed by atoms with van der Waals surface area (Å²) in [5, 5.41) is 21.9. The molecule has 0 aromatic carbocycles. The van der Waals surface area contributed by atoms with Crippen LogP contribution in [-0.2, 0) is 57.6 Å². The Labute approximate surface area is 246 Å². The van der Waals surface area contributed by atoms with E-state index >= 15 is 0 Å². The monoisotopic (exact) mass is 684 g/mol. The summed E-state index contributed by atoms with van der Waals surface area (Å²) in [4.78, 5) is 65.7. The molecule has 0 amide bonds. The van der Waals surface area contributed by atoms with Gasteiger partial charge < -0.3 is 43.7 Å². The number of aliphatic hydroxyl groups excluding tert-OH is 1. The number of hydrogen-bond acceptors (Lipinski definition) is 17. The van der Waals surface area contributed by atoms with Gasteiger partial charge in [0.2, 0.25) is 13.6 Å². The molecule has 1 fully saturated rings. The molecule has 2 heterocycles. The molecule has 252 valence electrons. The number of carbonyl (C=O) groups is 2. The van der Waals surface area contributed by atoms with Crippen LogP contribution in [0.1, 0.15) is 27.0 Å². The van der Waals surface area contributed by atoms with Gasteiger partial charge >= 0.3 is 33.6 Å². The minimum atomic E-state index is -5.15. The number of alkyl halides is 1. The highest BCUT2D eigenvalue weighted by Gasteiger charge is 2.63. The van der Waals surface area contributed by atoms with Crippen LogP contribution >= 0.6 is 15.6 Å². The maximum absolute atomic E-state index is 14.5. The summed E-state index contributed by atoms with van der Waals surface area (Å²) in [6, 6.07) is 0.712. The normalized spacial score (nSPS) is 25.0. The molecule has 44 heavy (non-hydrogen) atoms. The first kappa shape index (κ1) is 37.4. The van der Waals surface area contributed by atoms with Gasteiger partial charge in [0.25, 0.3) is 5.56 Å². The summed E-state index contributed by atoms with van der Waals surface area (Å²) in [7, 11) is -9.21. The molecule has 1 saturated heterocycles. The number of hydrogen-bond donors (Lipinski definition) is 4. The van der Waals surface area contributed by atoms with Gasteiger partial charge in [0, 0.05) is 12.3 Å². The van der Waals surface area contributed by atoms with E-state index in [1.807, 2.05) is 0 Å². The highest BCUT2D eigenvalue weighted by atomic mass is 31.2. The van der Waals surface area contributed by atoms with E-state index in [9.17, 15) is 42.9 Å². The summed E-state index contributed by atoms with van der Waals surface area (Å²) < 4.78 is 81.6. The van der Waals surface area contributed by atoms with Crippen LogP contribution < -0.4 is 11.2 Å². The molecule has 2 rings (SSSR count). The number of methoxy groups -OCH3 is 1. The van der Waals surface area contributed by atoms with E-state index in [0.29, 0.717) is 10.6 Å². The Morgan fingerprint density at radius 3 is 2.20 bits per heavy atom. The molecular formula is C20H31FN2O19P2. The molecule has 1 aromatic rings. The number of phosphoric ester groups is 2. The van der Waals surface area contributed by atoms with Crippen molar-refractivity contribution < 1.29 is 84.9 Å². The van der Waals surface area contributed by atoms with Crippen molar-refractivity contribution in [2.45, 2.75) is 57.1 Å². The highest BCUT2D eigenvalue weighted by Crippen LogP contribution is 2.52. The van der Waals surface area contributed by atoms with Crippen LogP contribution in [0, 0.1) is 0 Å². The largest absolute Gasteiger partial charge is 0.510 e. The molecule has 1 aromatic heterocycles. The van der Waals surface area contributed by atoms with E-state index in [1.54, 1.807) is 0 Å². The number of halogens is 1. The van der Waals surface area contributed by atoms with E-state index in [0.717, 1.165) is 20.2 Å². The molecule has 4 N–H and O–H groups in total. The van der Waals surface area contributed by atoms with Crippen LogP contribution in [0.2, 0.25) is 0 Å². The maximum Gasteiger partial charge on any atom is 0.510 e. The van der Waals surface area contributed by atoms with E-state index in [2.05, 4.69) is 18.7 Å². The predicted octanol–water partition coefficient (Wildman–Crippen LogP) is -0.157. The van der Waals surface area contributed by atoms with Crippen molar-refractivity contribution >= 4 is 28.0 Å². The van der Waals surface area contributed by atoms with Gasteiger partial charge in [-0.05, 0) is 20.8 Å². The first-order valence-electron chi connectivity index (χ1n) is 12.0. The van der Waals surface area contributed by atoms with Crippen molar-refractivity contribution in [1.29, 1.82) is 0 Å². The standard InChI is InChI=1S/C20H31FN2O19P2/c1-12(2)41-18(28)36-11-40-44(33,39-10-35-17(27)34-4)37-8-20(7-21)14(25)19(3,29)15(42-20)22-6-5-13(24)23(16(22)26)9-38-43(30,31)32/h5-6,12,14-15,25,29H,7-11H2,1-4H3,(H2,30,31,32)/t14-,15+,19+,20+,44?/m0/s1. The number of aromatic nitrogens is 2. The van der Waals surface area contributed by atoms with Gasteiger partial charge in [-0.3, -0.25) is 18.4 Å². The fourth-order valence-electron chi connectivity index (χ4n) is 3.49. The zero-order valence-corrected chi connectivity index (χ0v) is 25.3. The number of aliphatic hydroxyl groups is 2. The van der Waals surface area contributed by atoms with Crippen molar-refractivity contribution in [2.24, 2.45) is 0 Å². The molecular weight excluding hydrogens is 653 g/mol. The average molecular weight is 684 g/mol. The first-order chi connectivity index (χ1) is 20.3. The Kier molecular flexibility index (Phi) is 12.8. The van der Waals surface area contributed by atoms with E-state index in [-0.39, 0.29) is 4.57 Å². The van der Waals surface area contributed by atoms with Crippen molar-refractivity contribution in [3.63, 3.8) is 0 Å². The predicted molar refractivity (Wildman–Crippen MR) is 135 cm³/mol. The van der Waals surface area contributed by atoms with E-state index in [4.69, 9.17) is 32.8 Å². The third-order valence-corrected chi connectivity index (χ3v) is 7.31. The van der Waals surface area contributed by atoms with Crippen LogP contribution in [0.3, 0.4) is 0 Å². The van der Waals surface area contributed by atoms with Gasteiger partial charge in [-0.25, -0.2) is 41.5 Å². The molecule has 0 bridgehead atoms. The van der Waals surface area contributed by atoms with Gasteiger partial charge in [-0.2, -0.15) is 0 Å². The topological polar surface area (TPSA) is 276 Å². The van der Waals surface area contributed by atoms with Crippen LogP contribution in [0.25, 0.3) is 0 Å². The van der Waals surface area contributed by atoms with Crippen LogP contribution in [0.15, 0.2) is 21.9 Å². The number of ether oxygens (including phenoxy) is 5. The second-order valence-corrected chi connectivity index (χ2v) is 12.1. The summed E-state index contributed by atoms with van der Waals surface area (Å²) in [6.45, 7) is -2.58. The third kappa shape index (κ3) is 9.62. The number of carbonyl (C=O) groups excluding carboxylic acids is 2. The molecule has 0 saturated carbocycles. The smallest absolute Gasteiger partial charge is 0.438 e. The Morgan fingerprint density at radius 1 is 1.09 bits per heavy atom. The number of nitrogens with zero attached hydrogens (tertiary/aromatic N) is 2. The molecule has 1 aliphatic rings. The van der Waals surface area contributed by atoms with Crippen LogP contribution in [0.4, 0.5) is 14.0 Å². The first-order valence-corrected chi connectivity index (χ1v) is 15.0. The second-order valence-electron chi connectivity index (χ2n) is 9.19. The van der Waals surface area contributed by atoms with Crippen molar-refractivity contribution in [1.82, 2.24) is 9.13 Å². The van der Waals surface area contributed by atoms with E-state index in [1.165, 1.54) is 13.8 Å². The summed E-state index contributed by atoms with van der Waals surface area (Å²) >= 11 is 0. The Morgan fingerprint density at radius 2 is 1.68 bits per heavy atom. The zero-order chi connectivity index (χ0) is 33.5. The molecule has 21 nitrogen and oxygen atoms in total. The number of phosphoric acid groups is 2. The van der Waals surface area contributed by atoms with Crippen LogP contribution in [-0.4, -0.2) is 98.8 Å². The lowest BCUT2D eigenvalue weighted by Gasteiger charge is -2.31. The van der Waals surface area contributed by atoms with Gasteiger partial charge in [0.15, 0.2) is 11.8 Å². The lowest BCUT2D eigenvalue weighted by Crippen LogP contribution is -2.53. The van der Waals surface area contributed by atoms with Gasteiger partial charge in [0.1, 0.15) is 25.1 Å². The Bertz CT molecular complexity index is 1380. The fourth-order valence-corrected chi connectivity index (χ4v) is 4.72. The highest BCUT2D eigenvalue weighted by molar-refractivity contribution is 7.48. The molecule has 1 unspecified atom stereocenters. The Hall–Kier alpha value is -2.75. The van der Waals surface area contributed by atoms with Crippen molar-refractivity contribution in [2.75, 3.05) is 34.0 Å². The third-order valence-electron chi connectivity index (χ3n) is 5.57. The number of rotatable bonds is 15. The van der Waals surface area contributed by atoms with Gasteiger partial charge in [-0.1, -0.05) is 0 Å². The molecule has 24 heteroatoms. The zero-order valence-electron chi connectivity index (χ0n) is 23.5. The minimum Gasteiger partial charge on any atom is -0.438 e. The molecule has 0 aliphatic carbocycles. The fraction of sp³-hybridized carbons (Fsp3) is 0.700. The van der Waals surface area contributed by atoms with Crippen LogP contribution in [0.5, 0.6) is 0 Å². The SMILES string of the molecule is COC(=O)OCOP(=O)(OCOC(=O)OC(C)C)OC[C@@]1(CF)O[C@@H](n2ccc(=O)n(COP(=O)(O)O)c2=O)[C@](C)(O)[C@@H]1O. The summed E-state index contributed by atoms with van der Waals surface area (Å²) in [5.41, 5.74) is -7.67. The quantitative estimate of drug-likeness (QED) is 0.106.